The Morgan fingerprint density at radius 1 is 1.05 bits per heavy atom. The Kier molecular flexibility index (Phi) is 11.5. The average Bonchev–Trinajstić information content (AvgIpc) is 2.94. The van der Waals surface area contributed by atoms with Gasteiger partial charge in [0.15, 0.2) is 11.5 Å². The van der Waals surface area contributed by atoms with Crippen LogP contribution in [-0.2, 0) is 26.2 Å². The number of carbonyl (C=O) groups is 2. The van der Waals surface area contributed by atoms with Crippen molar-refractivity contribution in [1.29, 1.82) is 0 Å². The molecule has 1 unspecified atom stereocenters. The molecule has 2 aromatic rings. The van der Waals surface area contributed by atoms with Crippen LogP contribution in [0, 0.1) is 0 Å². The first-order valence-corrected chi connectivity index (χ1v) is 15.6. The zero-order chi connectivity index (χ0) is 29.1. The van der Waals surface area contributed by atoms with Gasteiger partial charge in [0.2, 0.25) is 21.8 Å². The molecule has 1 aliphatic heterocycles. The molecule has 2 aromatic carbocycles. The highest BCUT2D eigenvalue weighted by molar-refractivity contribution is 7.92. The van der Waals surface area contributed by atoms with Crippen molar-refractivity contribution < 1.29 is 32.2 Å². The van der Waals surface area contributed by atoms with Gasteiger partial charge in [-0.05, 0) is 49.1 Å². The van der Waals surface area contributed by atoms with Crippen molar-refractivity contribution >= 4 is 27.5 Å². The van der Waals surface area contributed by atoms with Gasteiger partial charge in [-0.2, -0.15) is 0 Å². The largest absolute Gasteiger partial charge is 0.497 e. The summed E-state index contributed by atoms with van der Waals surface area (Å²) in [6.45, 7) is 5.62. The minimum Gasteiger partial charge on any atom is -0.497 e. The molecule has 0 aliphatic carbocycles. The van der Waals surface area contributed by atoms with Crippen molar-refractivity contribution in [2.75, 3.05) is 44.0 Å². The van der Waals surface area contributed by atoms with E-state index in [0.29, 0.717) is 49.1 Å². The molecule has 1 atom stereocenters. The lowest BCUT2D eigenvalue weighted by Gasteiger charge is -2.31. The van der Waals surface area contributed by atoms with Crippen LogP contribution in [0.4, 0.5) is 5.69 Å². The third kappa shape index (κ3) is 8.51. The van der Waals surface area contributed by atoms with Gasteiger partial charge in [-0.15, -0.1) is 0 Å². The summed E-state index contributed by atoms with van der Waals surface area (Å²) in [5.74, 6) is 1.29. The third-order valence-electron chi connectivity index (χ3n) is 6.67. The Balaban J connectivity index is 1.76. The number of nitrogens with zero attached hydrogens (tertiary/aromatic N) is 2. The topological polar surface area (TPSA) is 114 Å². The predicted octanol–water partition coefficient (Wildman–Crippen LogP) is 3.74. The number of benzene rings is 2. The number of ether oxygens (including phenoxy) is 3. The van der Waals surface area contributed by atoms with Crippen molar-refractivity contribution in [3.8, 4) is 17.2 Å². The Hall–Kier alpha value is -3.47. The molecule has 0 saturated heterocycles. The van der Waals surface area contributed by atoms with Gasteiger partial charge in [0.1, 0.15) is 25.0 Å². The van der Waals surface area contributed by atoms with E-state index in [1.165, 1.54) is 4.31 Å². The lowest BCUT2D eigenvalue weighted by atomic mass is 10.1. The van der Waals surface area contributed by atoms with E-state index in [9.17, 15) is 18.0 Å². The van der Waals surface area contributed by atoms with Crippen molar-refractivity contribution in [2.24, 2.45) is 0 Å². The van der Waals surface area contributed by atoms with Crippen molar-refractivity contribution in [1.82, 2.24) is 10.2 Å². The summed E-state index contributed by atoms with van der Waals surface area (Å²) in [5.41, 5.74) is 1.27. The maximum Gasteiger partial charge on any atom is 0.242 e. The third-order valence-corrected chi connectivity index (χ3v) is 7.86. The fourth-order valence-electron chi connectivity index (χ4n) is 4.58. The molecule has 0 spiro atoms. The molecule has 0 saturated carbocycles. The van der Waals surface area contributed by atoms with Crippen molar-refractivity contribution in [2.45, 2.75) is 58.5 Å². The van der Waals surface area contributed by atoms with Crippen molar-refractivity contribution in [3.63, 3.8) is 0 Å². The lowest BCUT2D eigenvalue weighted by Crippen LogP contribution is -2.49. The monoisotopic (exact) mass is 575 g/mol. The number of unbranched alkanes of at least 4 members (excludes halogenated alkanes) is 1. The SMILES string of the molecule is CCCCNC(=O)C(CC)N(Cc1cccc(OC)c1)C(=O)CCCN(c1ccc2c(c1)OCCO2)S(C)(=O)=O. The van der Waals surface area contributed by atoms with E-state index in [1.807, 2.05) is 38.1 Å². The van der Waals surface area contributed by atoms with Crippen LogP contribution >= 0.6 is 0 Å². The maximum absolute atomic E-state index is 13.6. The Morgan fingerprint density at radius 3 is 2.48 bits per heavy atom. The smallest absolute Gasteiger partial charge is 0.242 e. The van der Waals surface area contributed by atoms with Crippen LogP contribution in [-0.4, -0.2) is 70.8 Å². The number of amides is 2. The van der Waals surface area contributed by atoms with E-state index in [-0.39, 0.29) is 37.7 Å². The first kappa shape index (κ1) is 31.1. The second-order valence-electron chi connectivity index (χ2n) is 9.71. The number of carbonyl (C=O) groups excluding carboxylic acids is 2. The Labute approximate surface area is 237 Å². The summed E-state index contributed by atoms with van der Waals surface area (Å²) in [6, 6.07) is 11.7. The van der Waals surface area contributed by atoms with Gasteiger partial charge in [0, 0.05) is 32.1 Å². The standard InChI is InChI=1S/C29H41N3O7S/c1-5-7-15-30-29(34)25(6-2)31(21-22-10-8-11-24(19-22)37-3)28(33)12-9-16-32(40(4,35)36)23-13-14-26-27(20-23)39-18-17-38-26/h8,10-11,13-14,19-20,25H,5-7,9,12,15-18,21H2,1-4H3,(H,30,34). The maximum atomic E-state index is 13.6. The number of methoxy groups -OCH3 is 1. The second-order valence-corrected chi connectivity index (χ2v) is 11.6. The summed E-state index contributed by atoms with van der Waals surface area (Å²) in [7, 11) is -2.06. The van der Waals surface area contributed by atoms with Crippen LogP contribution in [0.15, 0.2) is 42.5 Å². The molecular formula is C29H41N3O7S. The minimum absolute atomic E-state index is 0.0687. The number of sulfonamides is 1. The number of hydrogen-bond acceptors (Lipinski definition) is 7. The number of hydrogen-bond donors (Lipinski definition) is 1. The molecule has 40 heavy (non-hydrogen) atoms. The molecule has 10 nitrogen and oxygen atoms in total. The van der Waals surface area contributed by atoms with Crippen LogP contribution in [0.5, 0.6) is 17.2 Å². The molecule has 1 heterocycles. The molecule has 220 valence electrons. The van der Waals surface area contributed by atoms with Crippen LogP contribution < -0.4 is 23.8 Å². The average molecular weight is 576 g/mol. The van der Waals surface area contributed by atoms with E-state index >= 15 is 0 Å². The summed E-state index contributed by atoms with van der Waals surface area (Å²) in [4.78, 5) is 28.3. The van der Waals surface area contributed by atoms with Crippen LogP contribution in [0.3, 0.4) is 0 Å². The fourth-order valence-corrected chi connectivity index (χ4v) is 5.54. The minimum atomic E-state index is -3.63. The summed E-state index contributed by atoms with van der Waals surface area (Å²) >= 11 is 0. The first-order valence-electron chi connectivity index (χ1n) is 13.7. The van der Waals surface area contributed by atoms with Gasteiger partial charge in [0.25, 0.3) is 0 Å². The summed E-state index contributed by atoms with van der Waals surface area (Å²) in [6.07, 6.45) is 3.72. The Bertz CT molecular complexity index is 1250. The molecular weight excluding hydrogens is 534 g/mol. The molecule has 2 amide bonds. The molecule has 1 N–H and O–H groups in total. The first-order chi connectivity index (χ1) is 19.2. The van der Waals surface area contributed by atoms with E-state index in [4.69, 9.17) is 14.2 Å². The van der Waals surface area contributed by atoms with Gasteiger partial charge in [-0.25, -0.2) is 8.42 Å². The van der Waals surface area contributed by atoms with Crippen LogP contribution in [0.1, 0.15) is 51.5 Å². The fraction of sp³-hybridized carbons (Fsp3) is 0.517. The van der Waals surface area contributed by atoms with E-state index in [1.54, 1.807) is 30.2 Å². The molecule has 1 aliphatic rings. The highest BCUT2D eigenvalue weighted by Crippen LogP contribution is 2.34. The van der Waals surface area contributed by atoms with E-state index in [2.05, 4.69) is 5.32 Å². The van der Waals surface area contributed by atoms with Gasteiger partial charge < -0.3 is 24.4 Å². The zero-order valence-corrected chi connectivity index (χ0v) is 24.7. The number of fused-ring (bicyclic) bond motifs is 1. The molecule has 0 radical (unpaired) electrons. The number of rotatable bonds is 15. The van der Waals surface area contributed by atoms with Crippen LogP contribution in [0.2, 0.25) is 0 Å². The summed E-state index contributed by atoms with van der Waals surface area (Å²) < 4.78 is 43.1. The van der Waals surface area contributed by atoms with Gasteiger partial charge in [-0.3, -0.25) is 13.9 Å². The van der Waals surface area contributed by atoms with Gasteiger partial charge in [-0.1, -0.05) is 32.4 Å². The van der Waals surface area contributed by atoms with Crippen LogP contribution in [0.25, 0.3) is 0 Å². The molecule has 0 bridgehead atoms. The van der Waals surface area contributed by atoms with Crippen molar-refractivity contribution in [3.05, 3.63) is 48.0 Å². The van der Waals surface area contributed by atoms with Gasteiger partial charge in [0.05, 0.1) is 19.1 Å². The molecule has 3 rings (SSSR count). The summed E-state index contributed by atoms with van der Waals surface area (Å²) in [5, 5.41) is 2.95. The molecule has 0 fully saturated rings. The normalized spacial score (nSPS) is 13.3. The zero-order valence-electron chi connectivity index (χ0n) is 23.9. The second kappa shape index (κ2) is 14.8. The highest BCUT2D eigenvalue weighted by Gasteiger charge is 2.29. The lowest BCUT2D eigenvalue weighted by molar-refractivity contribution is -0.141. The molecule has 0 aromatic heterocycles. The van der Waals surface area contributed by atoms with Gasteiger partial charge >= 0.3 is 0 Å². The van der Waals surface area contributed by atoms with E-state index in [0.717, 1.165) is 24.7 Å². The highest BCUT2D eigenvalue weighted by atomic mass is 32.2. The Morgan fingerprint density at radius 2 is 1.80 bits per heavy atom. The molecule has 11 heteroatoms. The quantitative estimate of drug-likeness (QED) is 0.322. The number of anilines is 1. The van der Waals surface area contributed by atoms with E-state index < -0.39 is 16.1 Å². The predicted molar refractivity (Wildman–Crippen MR) is 154 cm³/mol. The number of nitrogens with one attached hydrogen (secondary N) is 1.